The first-order chi connectivity index (χ1) is 8.76. The molecule has 2 unspecified atom stereocenters. The topological polar surface area (TPSA) is 38.9 Å². The Balaban J connectivity index is 2.26. The Morgan fingerprint density at radius 3 is 2.33 bits per heavy atom. The Bertz CT molecular complexity index is 484. The quantitative estimate of drug-likeness (QED) is 0.766. The van der Waals surface area contributed by atoms with Gasteiger partial charge in [-0.1, -0.05) is 60.1 Å². The Labute approximate surface area is 116 Å². The fourth-order valence-electron chi connectivity index (χ4n) is 1.93. The van der Waals surface area contributed by atoms with E-state index in [9.17, 15) is 0 Å². The molecule has 0 bridgehead atoms. The zero-order valence-corrected chi connectivity index (χ0v) is 12.2. The van der Waals surface area contributed by atoms with Crippen molar-refractivity contribution in [2.24, 2.45) is 0 Å². The Morgan fingerprint density at radius 2 is 1.72 bits per heavy atom. The number of nitrogens with zero attached hydrogens (tertiary/aromatic N) is 2. The lowest BCUT2D eigenvalue weighted by Crippen LogP contribution is -1.99. The van der Waals surface area contributed by atoms with Crippen LogP contribution in [-0.4, -0.2) is 10.2 Å². The number of alkyl halides is 1. The van der Waals surface area contributed by atoms with Crippen LogP contribution in [0.3, 0.4) is 0 Å². The van der Waals surface area contributed by atoms with Gasteiger partial charge in [-0.05, 0) is 18.4 Å². The van der Waals surface area contributed by atoms with Crippen molar-refractivity contribution in [1.29, 1.82) is 0 Å². The van der Waals surface area contributed by atoms with Gasteiger partial charge < -0.3 is 4.42 Å². The van der Waals surface area contributed by atoms with Crippen LogP contribution in [0.25, 0.3) is 0 Å². The highest BCUT2D eigenvalue weighted by atomic mass is 79.9. The summed E-state index contributed by atoms with van der Waals surface area (Å²) in [6.07, 6.45) is 1.88. The Kier molecular flexibility index (Phi) is 4.53. The molecule has 96 valence electrons. The van der Waals surface area contributed by atoms with E-state index in [1.54, 1.807) is 0 Å². The molecule has 0 amide bonds. The third kappa shape index (κ3) is 2.80. The largest absolute Gasteiger partial charge is 0.423 e. The first-order valence-corrected chi connectivity index (χ1v) is 7.20. The van der Waals surface area contributed by atoms with Gasteiger partial charge in [-0.2, -0.15) is 0 Å². The van der Waals surface area contributed by atoms with Crippen molar-refractivity contribution < 1.29 is 4.42 Å². The Morgan fingerprint density at radius 1 is 1.06 bits per heavy atom. The van der Waals surface area contributed by atoms with E-state index in [-0.39, 0.29) is 10.7 Å². The number of halogens is 1. The average molecular weight is 309 g/mol. The Hall–Kier alpha value is -1.16. The van der Waals surface area contributed by atoms with Crippen molar-refractivity contribution in [3.63, 3.8) is 0 Å². The second kappa shape index (κ2) is 6.14. The molecule has 2 atom stereocenters. The second-order valence-corrected chi connectivity index (χ2v) is 5.33. The summed E-state index contributed by atoms with van der Waals surface area (Å²) < 4.78 is 5.77. The van der Waals surface area contributed by atoms with Gasteiger partial charge in [0.1, 0.15) is 0 Å². The van der Waals surface area contributed by atoms with E-state index >= 15 is 0 Å². The standard InChI is InChI=1S/C14H17BrN2O/c1-3-11(10-8-6-5-7-9-10)13-16-17-14(18-13)12(15)4-2/h5-9,11-12H,3-4H2,1-2H3. The van der Waals surface area contributed by atoms with Crippen molar-refractivity contribution in [2.75, 3.05) is 0 Å². The molecule has 0 saturated carbocycles. The summed E-state index contributed by atoms with van der Waals surface area (Å²) >= 11 is 3.53. The number of hydrogen-bond acceptors (Lipinski definition) is 3. The van der Waals surface area contributed by atoms with Crippen molar-refractivity contribution >= 4 is 15.9 Å². The smallest absolute Gasteiger partial charge is 0.230 e. The summed E-state index contributed by atoms with van der Waals surface area (Å²) in [4.78, 5) is 0.145. The molecule has 0 aliphatic heterocycles. The van der Waals surface area contributed by atoms with Crippen LogP contribution in [0, 0.1) is 0 Å². The van der Waals surface area contributed by atoms with E-state index in [4.69, 9.17) is 4.42 Å². The zero-order valence-electron chi connectivity index (χ0n) is 10.6. The molecule has 3 nitrogen and oxygen atoms in total. The molecule has 0 radical (unpaired) electrons. The highest BCUT2D eigenvalue weighted by Gasteiger charge is 2.21. The van der Waals surface area contributed by atoms with Gasteiger partial charge in [0.2, 0.25) is 11.8 Å². The van der Waals surface area contributed by atoms with Gasteiger partial charge in [-0.15, -0.1) is 10.2 Å². The lowest BCUT2D eigenvalue weighted by Gasteiger charge is -2.10. The summed E-state index contributed by atoms with van der Waals surface area (Å²) in [6.45, 7) is 4.21. The maximum Gasteiger partial charge on any atom is 0.230 e. The van der Waals surface area contributed by atoms with Crippen LogP contribution in [0.2, 0.25) is 0 Å². The minimum absolute atomic E-state index is 0.145. The molecular weight excluding hydrogens is 292 g/mol. The predicted molar refractivity (Wildman–Crippen MR) is 74.8 cm³/mol. The highest BCUT2D eigenvalue weighted by molar-refractivity contribution is 9.09. The van der Waals surface area contributed by atoms with Gasteiger partial charge in [0.15, 0.2) is 0 Å². The fourth-order valence-corrected chi connectivity index (χ4v) is 2.11. The molecule has 0 N–H and O–H groups in total. The minimum Gasteiger partial charge on any atom is -0.423 e. The molecule has 2 aromatic rings. The van der Waals surface area contributed by atoms with Crippen LogP contribution in [0.15, 0.2) is 34.7 Å². The fraction of sp³-hybridized carbons (Fsp3) is 0.429. The van der Waals surface area contributed by atoms with Gasteiger partial charge in [0.25, 0.3) is 0 Å². The summed E-state index contributed by atoms with van der Waals surface area (Å²) in [5.74, 6) is 1.56. The maximum atomic E-state index is 5.77. The molecule has 0 spiro atoms. The molecular formula is C14H17BrN2O. The average Bonchev–Trinajstić information content (AvgIpc) is 2.89. The van der Waals surface area contributed by atoms with Crippen LogP contribution in [0.4, 0.5) is 0 Å². The summed E-state index contributed by atoms with van der Waals surface area (Å²) in [7, 11) is 0. The normalized spacial score (nSPS) is 14.4. The second-order valence-electron chi connectivity index (χ2n) is 4.23. The maximum absolute atomic E-state index is 5.77. The lowest BCUT2D eigenvalue weighted by molar-refractivity contribution is 0.425. The van der Waals surface area contributed by atoms with E-state index in [0.717, 1.165) is 12.8 Å². The van der Waals surface area contributed by atoms with E-state index in [1.807, 2.05) is 18.2 Å². The monoisotopic (exact) mass is 308 g/mol. The summed E-state index contributed by atoms with van der Waals surface area (Å²) in [6, 6.07) is 10.3. The third-order valence-electron chi connectivity index (χ3n) is 2.99. The molecule has 1 heterocycles. The van der Waals surface area contributed by atoms with Crippen LogP contribution in [0.5, 0.6) is 0 Å². The molecule has 2 rings (SSSR count). The molecule has 0 aliphatic carbocycles. The predicted octanol–water partition coefficient (Wildman–Crippen LogP) is 4.46. The summed E-state index contributed by atoms with van der Waals surface area (Å²) in [5.41, 5.74) is 1.22. The number of benzene rings is 1. The van der Waals surface area contributed by atoms with E-state index in [2.05, 4.69) is 52.1 Å². The van der Waals surface area contributed by atoms with Gasteiger partial charge in [-0.3, -0.25) is 0 Å². The van der Waals surface area contributed by atoms with Crippen molar-refractivity contribution in [3.8, 4) is 0 Å². The van der Waals surface area contributed by atoms with Crippen molar-refractivity contribution in [3.05, 3.63) is 47.7 Å². The molecule has 0 aliphatic rings. The number of hydrogen-bond donors (Lipinski definition) is 0. The zero-order chi connectivity index (χ0) is 13.0. The third-order valence-corrected chi connectivity index (χ3v) is 4.03. The van der Waals surface area contributed by atoms with Crippen molar-refractivity contribution in [2.45, 2.75) is 37.4 Å². The highest BCUT2D eigenvalue weighted by Crippen LogP contribution is 2.30. The van der Waals surface area contributed by atoms with E-state index < -0.39 is 0 Å². The van der Waals surface area contributed by atoms with Gasteiger partial charge in [0.05, 0.1) is 10.7 Å². The molecule has 0 fully saturated rings. The van der Waals surface area contributed by atoms with Gasteiger partial charge in [0, 0.05) is 0 Å². The summed E-state index contributed by atoms with van der Waals surface area (Å²) in [5, 5.41) is 8.30. The first kappa shape index (κ1) is 13.3. The number of rotatable bonds is 5. The lowest BCUT2D eigenvalue weighted by atomic mass is 9.97. The minimum atomic E-state index is 0.145. The SMILES string of the molecule is CCC(Br)c1nnc(C(CC)c2ccccc2)o1. The molecule has 18 heavy (non-hydrogen) atoms. The van der Waals surface area contributed by atoms with Gasteiger partial charge >= 0.3 is 0 Å². The van der Waals surface area contributed by atoms with Crippen molar-refractivity contribution in [1.82, 2.24) is 10.2 Å². The molecule has 4 heteroatoms. The molecule has 0 saturated heterocycles. The van der Waals surface area contributed by atoms with Crippen LogP contribution in [0.1, 0.15) is 54.8 Å². The molecule has 1 aromatic heterocycles. The first-order valence-electron chi connectivity index (χ1n) is 6.28. The van der Waals surface area contributed by atoms with Crippen LogP contribution in [-0.2, 0) is 0 Å². The van der Waals surface area contributed by atoms with Crippen LogP contribution < -0.4 is 0 Å². The van der Waals surface area contributed by atoms with E-state index in [0.29, 0.717) is 11.8 Å². The van der Waals surface area contributed by atoms with Gasteiger partial charge in [-0.25, -0.2) is 0 Å². The number of aromatic nitrogens is 2. The van der Waals surface area contributed by atoms with E-state index in [1.165, 1.54) is 5.56 Å². The van der Waals surface area contributed by atoms with Crippen LogP contribution >= 0.6 is 15.9 Å². The molecule has 1 aromatic carbocycles.